The van der Waals surface area contributed by atoms with E-state index in [0.717, 1.165) is 0 Å². The molecule has 11 heavy (non-hydrogen) atoms. The summed E-state index contributed by atoms with van der Waals surface area (Å²) in [7, 11) is 5.23. The number of halogens is 1. The number of rotatable bonds is 3. The molecule has 0 aliphatic heterocycles. The highest BCUT2D eigenvalue weighted by Gasteiger charge is 1.91. The number of hydrogen-bond donors (Lipinski definition) is 0. The summed E-state index contributed by atoms with van der Waals surface area (Å²) >= 11 is 5.55. The molecule has 0 fully saturated rings. The van der Waals surface area contributed by atoms with E-state index in [1.807, 2.05) is 0 Å². The second-order valence-corrected chi connectivity index (χ2v) is 2.34. The van der Waals surface area contributed by atoms with E-state index in [4.69, 9.17) is 24.2 Å². The van der Waals surface area contributed by atoms with Crippen LogP contribution in [0.5, 0.6) is 5.75 Å². The van der Waals surface area contributed by atoms with Crippen molar-refractivity contribution in [2.45, 2.75) is 6.32 Å². The maximum Gasteiger partial charge on any atom is 0.137 e. The first kappa shape index (κ1) is 8.40. The molecule has 0 aliphatic rings. The van der Waals surface area contributed by atoms with E-state index in [1.165, 1.54) is 0 Å². The van der Waals surface area contributed by atoms with Gasteiger partial charge in [0.2, 0.25) is 0 Å². The van der Waals surface area contributed by atoms with E-state index in [0.29, 0.717) is 23.8 Å². The minimum absolute atomic E-state index is 0.463. The summed E-state index contributed by atoms with van der Waals surface area (Å²) in [6.45, 7) is 0.503. The summed E-state index contributed by atoms with van der Waals surface area (Å²) < 4.78 is 5.16. The van der Waals surface area contributed by atoms with E-state index >= 15 is 0 Å². The highest BCUT2D eigenvalue weighted by molar-refractivity contribution is 6.29. The van der Waals surface area contributed by atoms with E-state index in [9.17, 15) is 0 Å². The van der Waals surface area contributed by atoms with Crippen LogP contribution in [-0.4, -0.2) is 19.4 Å². The van der Waals surface area contributed by atoms with Crippen LogP contribution >= 0.6 is 11.6 Å². The van der Waals surface area contributed by atoms with Crippen molar-refractivity contribution in [3.63, 3.8) is 0 Å². The topological polar surface area (TPSA) is 22.1 Å². The average Bonchev–Trinajstić information content (AvgIpc) is 2.04. The third-order valence-electron chi connectivity index (χ3n) is 1.09. The molecule has 0 unspecified atom stereocenters. The number of aromatic nitrogens is 1. The standard InChI is InChI=1S/C7H7BClNO/c8-3-4-11-6-1-2-7(9)10-5-6/h1-2,5H,3-4H2. The Balaban J connectivity index is 2.52. The molecular formula is C7H7BClNO. The third-order valence-corrected chi connectivity index (χ3v) is 1.31. The van der Waals surface area contributed by atoms with Gasteiger partial charge in [-0.25, -0.2) is 4.98 Å². The molecule has 1 rings (SSSR count). The molecule has 2 radical (unpaired) electrons. The summed E-state index contributed by atoms with van der Waals surface area (Å²) in [5, 5.41) is 0.463. The molecule has 0 saturated carbocycles. The molecule has 0 saturated heterocycles. The van der Waals surface area contributed by atoms with Gasteiger partial charge in [-0.3, -0.25) is 0 Å². The Labute approximate surface area is 71.9 Å². The molecule has 0 bridgehead atoms. The zero-order valence-electron chi connectivity index (χ0n) is 5.96. The predicted octanol–water partition coefficient (Wildman–Crippen LogP) is 1.70. The van der Waals surface area contributed by atoms with Crippen LogP contribution in [0.4, 0.5) is 0 Å². The van der Waals surface area contributed by atoms with Crippen molar-refractivity contribution >= 4 is 19.4 Å². The lowest BCUT2D eigenvalue weighted by molar-refractivity contribution is 0.339. The first-order valence-electron chi connectivity index (χ1n) is 3.27. The fourth-order valence-electron chi connectivity index (χ4n) is 0.624. The quantitative estimate of drug-likeness (QED) is 0.505. The maximum atomic E-state index is 5.55. The van der Waals surface area contributed by atoms with Gasteiger partial charge in [-0.15, -0.1) is 0 Å². The minimum atomic E-state index is 0.463. The van der Waals surface area contributed by atoms with Gasteiger partial charge in [0.1, 0.15) is 10.9 Å². The molecule has 0 aliphatic carbocycles. The zero-order chi connectivity index (χ0) is 8.10. The van der Waals surface area contributed by atoms with Gasteiger partial charge < -0.3 is 4.74 Å². The number of pyridine rings is 1. The lowest BCUT2D eigenvalue weighted by atomic mass is 10.1. The van der Waals surface area contributed by atoms with Gasteiger partial charge in [-0.2, -0.15) is 0 Å². The van der Waals surface area contributed by atoms with Gasteiger partial charge >= 0.3 is 0 Å². The van der Waals surface area contributed by atoms with Crippen LogP contribution in [0.3, 0.4) is 0 Å². The lowest BCUT2D eigenvalue weighted by Gasteiger charge is -2.02. The fraction of sp³-hybridized carbons (Fsp3) is 0.286. The van der Waals surface area contributed by atoms with Gasteiger partial charge in [0.15, 0.2) is 0 Å². The third kappa shape index (κ3) is 2.80. The van der Waals surface area contributed by atoms with Gasteiger partial charge in [-0.05, 0) is 12.1 Å². The Morgan fingerprint density at radius 2 is 2.36 bits per heavy atom. The lowest BCUT2D eigenvalue weighted by Crippen LogP contribution is -1.95. The largest absolute Gasteiger partial charge is 0.493 e. The molecule has 1 heterocycles. The first-order chi connectivity index (χ1) is 5.33. The summed E-state index contributed by atoms with van der Waals surface area (Å²) in [4.78, 5) is 3.83. The van der Waals surface area contributed by atoms with Gasteiger partial charge in [0, 0.05) is 0 Å². The maximum absolute atomic E-state index is 5.55. The molecule has 1 aromatic heterocycles. The predicted molar refractivity (Wildman–Crippen MR) is 45.3 cm³/mol. The number of nitrogens with zero attached hydrogens (tertiary/aromatic N) is 1. The van der Waals surface area contributed by atoms with Crippen LogP contribution in [0.15, 0.2) is 18.3 Å². The minimum Gasteiger partial charge on any atom is -0.493 e. The van der Waals surface area contributed by atoms with Crippen molar-refractivity contribution in [1.29, 1.82) is 0 Å². The number of ether oxygens (including phenoxy) is 1. The van der Waals surface area contributed by atoms with Crippen LogP contribution in [0.25, 0.3) is 0 Å². The van der Waals surface area contributed by atoms with Crippen molar-refractivity contribution in [2.24, 2.45) is 0 Å². The average molecular weight is 167 g/mol. The summed E-state index contributed by atoms with van der Waals surface area (Å²) in [5.74, 6) is 0.694. The molecule has 0 amide bonds. The smallest absolute Gasteiger partial charge is 0.137 e. The second-order valence-electron chi connectivity index (χ2n) is 1.95. The van der Waals surface area contributed by atoms with Crippen molar-refractivity contribution < 1.29 is 4.74 Å². The van der Waals surface area contributed by atoms with Crippen LogP contribution in [0.2, 0.25) is 11.5 Å². The molecule has 0 N–H and O–H groups in total. The summed E-state index contributed by atoms with van der Waals surface area (Å²) in [6.07, 6.45) is 2.07. The summed E-state index contributed by atoms with van der Waals surface area (Å²) in [6, 6.07) is 3.43. The Morgan fingerprint density at radius 3 is 2.91 bits per heavy atom. The van der Waals surface area contributed by atoms with E-state index in [-0.39, 0.29) is 0 Å². The molecule has 0 atom stereocenters. The molecule has 2 nitrogen and oxygen atoms in total. The number of hydrogen-bond acceptors (Lipinski definition) is 2. The molecular weight excluding hydrogens is 160 g/mol. The van der Waals surface area contributed by atoms with Crippen molar-refractivity contribution in [3.05, 3.63) is 23.5 Å². The summed E-state index contributed by atoms with van der Waals surface area (Å²) in [5.41, 5.74) is 0. The van der Waals surface area contributed by atoms with Crippen molar-refractivity contribution in [2.75, 3.05) is 6.61 Å². The molecule has 56 valence electrons. The van der Waals surface area contributed by atoms with Crippen LogP contribution < -0.4 is 4.74 Å². The van der Waals surface area contributed by atoms with E-state index in [2.05, 4.69) is 4.98 Å². The second kappa shape index (κ2) is 4.24. The fourth-order valence-corrected chi connectivity index (χ4v) is 0.736. The van der Waals surface area contributed by atoms with Crippen LogP contribution in [-0.2, 0) is 0 Å². The van der Waals surface area contributed by atoms with Gasteiger partial charge in [0.25, 0.3) is 0 Å². The Hall–Kier alpha value is -0.695. The van der Waals surface area contributed by atoms with Crippen LogP contribution in [0, 0.1) is 0 Å². The highest BCUT2D eigenvalue weighted by atomic mass is 35.5. The first-order valence-corrected chi connectivity index (χ1v) is 3.65. The Kier molecular flexibility index (Phi) is 3.24. The van der Waals surface area contributed by atoms with Crippen molar-refractivity contribution in [1.82, 2.24) is 4.98 Å². The monoisotopic (exact) mass is 167 g/mol. The molecule has 4 heteroatoms. The normalized spacial score (nSPS) is 9.55. The van der Waals surface area contributed by atoms with E-state index in [1.54, 1.807) is 18.3 Å². The molecule has 0 spiro atoms. The molecule has 0 aromatic carbocycles. The SMILES string of the molecule is [B]CCOc1ccc(Cl)nc1. The molecule has 1 aromatic rings. The zero-order valence-corrected chi connectivity index (χ0v) is 6.71. The van der Waals surface area contributed by atoms with Gasteiger partial charge in [0.05, 0.1) is 20.7 Å². The Morgan fingerprint density at radius 1 is 1.55 bits per heavy atom. The van der Waals surface area contributed by atoms with Crippen LogP contribution in [0.1, 0.15) is 0 Å². The van der Waals surface area contributed by atoms with E-state index < -0.39 is 0 Å². The van der Waals surface area contributed by atoms with Gasteiger partial charge in [-0.1, -0.05) is 17.9 Å². The van der Waals surface area contributed by atoms with Crippen molar-refractivity contribution in [3.8, 4) is 5.75 Å². The Bertz CT molecular complexity index is 214. The highest BCUT2D eigenvalue weighted by Crippen LogP contribution is 2.11.